The lowest BCUT2D eigenvalue weighted by atomic mass is 10.2. The molecule has 1 aliphatic heterocycles. The number of nitrogens with one attached hydrogen (secondary N) is 1. The molecule has 0 radical (unpaired) electrons. The molecule has 98 valence electrons. The summed E-state index contributed by atoms with van der Waals surface area (Å²) >= 11 is 0. The van der Waals surface area contributed by atoms with Gasteiger partial charge in [-0.15, -0.1) is 0 Å². The third-order valence-electron chi connectivity index (χ3n) is 3.81. The first-order valence-electron chi connectivity index (χ1n) is 6.76. The Morgan fingerprint density at radius 1 is 1.39 bits per heavy atom. The van der Waals surface area contributed by atoms with Crippen molar-refractivity contribution < 1.29 is 5.11 Å². The van der Waals surface area contributed by atoms with E-state index in [0.29, 0.717) is 5.92 Å². The molecule has 1 saturated heterocycles. The van der Waals surface area contributed by atoms with Crippen LogP contribution in [-0.2, 0) is 0 Å². The number of hydrogen-bond acceptors (Lipinski definition) is 5. The highest BCUT2D eigenvalue weighted by Crippen LogP contribution is 2.39. The molecule has 1 aromatic heterocycles. The summed E-state index contributed by atoms with van der Waals surface area (Å²) in [6.45, 7) is 1.19. The molecule has 5 heteroatoms. The molecule has 18 heavy (non-hydrogen) atoms. The van der Waals surface area contributed by atoms with Crippen molar-refractivity contribution >= 4 is 11.6 Å². The summed E-state index contributed by atoms with van der Waals surface area (Å²) in [6, 6.07) is 2.21. The molecule has 0 aromatic carbocycles. The van der Waals surface area contributed by atoms with Crippen molar-refractivity contribution in [2.75, 3.05) is 30.4 Å². The van der Waals surface area contributed by atoms with Gasteiger partial charge in [0.2, 0.25) is 0 Å². The summed E-state index contributed by atoms with van der Waals surface area (Å²) in [4.78, 5) is 11.4. The van der Waals surface area contributed by atoms with Gasteiger partial charge in [0.05, 0.1) is 12.6 Å². The largest absolute Gasteiger partial charge is 0.394 e. The predicted molar refractivity (Wildman–Crippen MR) is 71.0 cm³/mol. The molecule has 0 spiro atoms. The smallest absolute Gasteiger partial charge is 0.136 e. The van der Waals surface area contributed by atoms with Crippen LogP contribution in [0, 0.1) is 0 Å². The zero-order valence-electron chi connectivity index (χ0n) is 10.8. The van der Waals surface area contributed by atoms with Gasteiger partial charge in [-0.1, -0.05) is 0 Å². The van der Waals surface area contributed by atoms with Gasteiger partial charge in [0, 0.05) is 25.6 Å². The van der Waals surface area contributed by atoms with Crippen LogP contribution in [0.5, 0.6) is 0 Å². The molecule has 1 atom stereocenters. The minimum absolute atomic E-state index is 0.206. The first-order chi connectivity index (χ1) is 8.81. The van der Waals surface area contributed by atoms with Crippen molar-refractivity contribution in [1.82, 2.24) is 9.97 Å². The number of rotatable bonds is 4. The van der Waals surface area contributed by atoms with E-state index in [9.17, 15) is 5.11 Å². The van der Waals surface area contributed by atoms with Gasteiger partial charge < -0.3 is 15.3 Å². The van der Waals surface area contributed by atoms with Crippen molar-refractivity contribution in [2.24, 2.45) is 0 Å². The SMILES string of the molecule is CNc1cc(N2CCCC2CO)nc(C2CC2)n1. The fraction of sp³-hybridized carbons (Fsp3) is 0.692. The summed E-state index contributed by atoms with van der Waals surface area (Å²) in [5.74, 6) is 3.35. The predicted octanol–water partition coefficient (Wildman–Crippen LogP) is 1.36. The molecule has 1 aliphatic carbocycles. The van der Waals surface area contributed by atoms with E-state index in [1.165, 1.54) is 12.8 Å². The summed E-state index contributed by atoms with van der Waals surface area (Å²) in [5.41, 5.74) is 0. The van der Waals surface area contributed by atoms with Crippen LogP contribution in [0.25, 0.3) is 0 Å². The minimum Gasteiger partial charge on any atom is -0.394 e. The molecule has 3 rings (SSSR count). The van der Waals surface area contributed by atoms with E-state index in [2.05, 4.69) is 20.2 Å². The second-order valence-electron chi connectivity index (χ2n) is 5.17. The van der Waals surface area contributed by atoms with Gasteiger partial charge in [0.1, 0.15) is 17.5 Å². The highest BCUT2D eigenvalue weighted by atomic mass is 16.3. The van der Waals surface area contributed by atoms with Crippen molar-refractivity contribution in [3.63, 3.8) is 0 Å². The van der Waals surface area contributed by atoms with Crippen LogP contribution in [-0.4, -0.2) is 41.3 Å². The zero-order valence-corrected chi connectivity index (χ0v) is 10.8. The van der Waals surface area contributed by atoms with E-state index in [0.717, 1.165) is 36.8 Å². The Bertz CT molecular complexity index is 433. The number of anilines is 2. The first kappa shape index (κ1) is 11.7. The second kappa shape index (κ2) is 4.72. The lowest BCUT2D eigenvalue weighted by Crippen LogP contribution is -2.33. The summed E-state index contributed by atoms with van der Waals surface area (Å²) in [7, 11) is 1.89. The van der Waals surface area contributed by atoms with Crippen molar-refractivity contribution in [2.45, 2.75) is 37.6 Å². The van der Waals surface area contributed by atoms with E-state index < -0.39 is 0 Å². The third-order valence-corrected chi connectivity index (χ3v) is 3.81. The lowest BCUT2D eigenvalue weighted by molar-refractivity contribution is 0.266. The van der Waals surface area contributed by atoms with Crippen LogP contribution in [0.2, 0.25) is 0 Å². The van der Waals surface area contributed by atoms with Crippen LogP contribution >= 0.6 is 0 Å². The molecule has 1 saturated carbocycles. The molecular formula is C13H20N4O. The Hall–Kier alpha value is -1.36. The van der Waals surface area contributed by atoms with Gasteiger partial charge >= 0.3 is 0 Å². The average molecular weight is 248 g/mol. The van der Waals surface area contributed by atoms with Crippen molar-refractivity contribution in [3.8, 4) is 0 Å². The maximum Gasteiger partial charge on any atom is 0.136 e. The van der Waals surface area contributed by atoms with Gasteiger partial charge in [-0.3, -0.25) is 0 Å². The van der Waals surface area contributed by atoms with Crippen LogP contribution in [0.4, 0.5) is 11.6 Å². The summed E-state index contributed by atoms with van der Waals surface area (Å²) in [5, 5.41) is 12.5. The number of aliphatic hydroxyl groups excluding tert-OH is 1. The number of aromatic nitrogens is 2. The van der Waals surface area contributed by atoms with E-state index in [-0.39, 0.29) is 12.6 Å². The first-order valence-corrected chi connectivity index (χ1v) is 6.76. The van der Waals surface area contributed by atoms with Gasteiger partial charge in [0.15, 0.2) is 0 Å². The second-order valence-corrected chi connectivity index (χ2v) is 5.17. The van der Waals surface area contributed by atoms with Crippen LogP contribution in [0.15, 0.2) is 6.07 Å². The molecule has 2 N–H and O–H groups in total. The Kier molecular flexibility index (Phi) is 3.07. The lowest BCUT2D eigenvalue weighted by Gasteiger charge is -2.24. The zero-order chi connectivity index (χ0) is 12.5. The molecule has 2 heterocycles. The Morgan fingerprint density at radius 3 is 2.89 bits per heavy atom. The van der Waals surface area contributed by atoms with E-state index in [4.69, 9.17) is 0 Å². The summed E-state index contributed by atoms with van der Waals surface area (Å²) < 4.78 is 0. The van der Waals surface area contributed by atoms with Gasteiger partial charge in [-0.05, 0) is 25.7 Å². The van der Waals surface area contributed by atoms with E-state index >= 15 is 0 Å². The van der Waals surface area contributed by atoms with Crippen molar-refractivity contribution in [3.05, 3.63) is 11.9 Å². The Balaban J connectivity index is 1.92. The highest BCUT2D eigenvalue weighted by Gasteiger charge is 2.30. The van der Waals surface area contributed by atoms with E-state index in [1.54, 1.807) is 0 Å². The average Bonchev–Trinajstić information content (AvgIpc) is 3.15. The molecule has 0 amide bonds. The maximum absolute atomic E-state index is 9.41. The van der Waals surface area contributed by atoms with Crippen LogP contribution in [0.3, 0.4) is 0 Å². The number of nitrogens with zero attached hydrogens (tertiary/aromatic N) is 3. The van der Waals surface area contributed by atoms with Crippen LogP contribution < -0.4 is 10.2 Å². The Morgan fingerprint density at radius 2 is 2.22 bits per heavy atom. The maximum atomic E-state index is 9.41. The molecule has 5 nitrogen and oxygen atoms in total. The summed E-state index contributed by atoms with van der Waals surface area (Å²) in [6.07, 6.45) is 4.59. The fourth-order valence-electron chi connectivity index (χ4n) is 2.58. The number of aliphatic hydroxyl groups is 1. The van der Waals surface area contributed by atoms with Gasteiger partial charge in [-0.25, -0.2) is 9.97 Å². The quantitative estimate of drug-likeness (QED) is 0.842. The standard InChI is InChI=1S/C13H20N4O/c1-14-11-7-12(16-13(15-11)9-4-5-9)17-6-2-3-10(17)8-18/h7,9-10,18H,2-6,8H2,1H3,(H,14,15,16). The van der Waals surface area contributed by atoms with Gasteiger partial charge in [-0.2, -0.15) is 0 Å². The normalized spacial score (nSPS) is 23.4. The van der Waals surface area contributed by atoms with Crippen LogP contribution in [0.1, 0.15) is 37.4 Å². The topological polar surface area (TPSA) is 61.3 Å². The molecular weight excluding hydrogens is 228 g/mol. The number of hydrogen-bond donors (Lipinski definition) is 2. The highest BCUT2D eigenvalue weighted by molar-refractivity contribution is 5.51. The Labute approximate surface area is 107 Å². The van der Waals surface area contributed by atoms with Gasteiger partial charge in [0.25, 0.3) is 0 Å². The van der Waals surface area contributed by atoms with Crippen molar-refractivity contribution in [1.29, 1.82) is 0 Å². The molecule has 1 aromatic rings. The molecule has 1 unspecified atom stereocenters. The molecule has 2 fully saturated rings. The molecule has 2 aliphatic rings. The third kappa shape index (κ3) is 2.14. The molecule has 0 bridgehead atoms. The monoisotopic (exact) mass is 248 g/mol. The fourth-order valence-corrected chi connectivity index (χ4v) is 2.58. The van der Waals surface area contributed by atoms with E-state index in [1.807, 2.05) is 13.1 Å². The minimum atomic E-state index is 0.206.